The number of thioether (sulfide) groups is 1. The average Bonchev–Trinajstić information content (AvgIpc) is 3.23. The van der Waals surface area contributed by atoms with Crippen molar-refractivity contribution in [3.63, 3.8) is 0 Å². The number of carbonyl (C=O) groups is 1. The van der Waals surface area contributed by atoms with Crippen molar-refractivity contribution in [2.24, 2.45) is 0 Å². The average molecular weight is 355 g/mol. The van der Waals surface area contributed by atoms with Gasteiger partial charge in [0.05, 0.1) is 15.5 Å². The summed E-state index contributed by atoms with van der Waals surface area (Å²) in [6, 6.07) is 8.22. The molecule has 0 aliphatic heterocycles. The van der Waals surface area contributed by atoms with E-state index in [1.807, 2.05) is 24.4 Å². The Morgan fingerprint density at radius 1 is 1.25 bits per heavy atom. The normalized spacial score (nSPS) is 14.5. The zero-order chi connectivity index (χ0) is 16.5. The quantitative estimate of drug-likeness (QED) is 0.560. The van der Waals surface area contributed by atoms with Gasteiger partial charge in [0.1, 0.15) is 11.4 Å². The van der Waals surface area contributed by atoms with Crippen molar-refractivity contribution in [1.82, 2.24) is 9.97 Å². The van der Waals surface area contributed by atoms with Gasteiger partial charge in [-0.1, -0.05) is 17.8 Å². The molecule has 1 aromatic carbocycles. The van der Waals surface area contributed by atoms with E-state index in [-0.39, 0.29) is 11.2 Å². The standard InChI is InChI=1S/C18H17N3OS2/c1-11(24-18-16-15(7-8-23-16)19-10-20-18)17(22)21-14-6-5-12-3-2-4-13(12)9-14/h5-11H,2-4H2,1H3,(H,21,22). The highest BCUT2D eigenvalue weighted by Crippen LogP contribution is 2.32. The molecule has 1 amide bonds. The number of rotatable bonds is 4. The second kappa shape index (κ2) is 6.53. The number of hydrogen-bond acceptors (Lipinski definition) is 5. The second-order valence-electron chi connectivity index (χ2n) is 5.90. The Kier molecular flexibility index (Phi) is 4.24. The molecule has 1 aliphatic carbocycles. The maximum atomic E-state index is 12.5. The predicted molar refractivity (Wildman–Crippen MR) is 99.8 cm³/mol. The van der Waals surface area contributed by atoms with Gasteiger partial charge in [-0.15, -0.1) is 11.3 Å². The summed E-state index contributed by atoms with van der Waals surface area (Å²) in [4.78, 5) is 21.1. The van der Waals surface area contributed by atoms with Gasteiger partial charge < -0.3 is 5.32 Å². The molecule has 1 unspecified atom stereocenters. The van der Waals surface area contributed by atoms with E-state index in [2.05, 4.69) is 27.4 Å². The summed E-state index contributed by atoms with van der Waals surface area (Å²) >= 11 is 3.09. The highest BCUT2D eigenvalue weighted by molar-refractivity contribution is 8.00. The van der Waals surface area contributed by atoms with Crippen LogP contribution in [0.1, 0.15) is 24.5 Å². The van der Waals surface area contributed by atoms with Crippen LogP contribution in [0.2, 0.25) is 0 Å². The lowest BCUT2D eigenvalue weighted by Gasteiger charge is -2.12. The maximum absolute atomic E-state index is 12.5. The van der Waals surface area contributed by atoms with Gasteiger partial charge >= 0.3 is 0 Å². The van der Waals surface area contributed by atoms with Crippen molar-refractivity contribution in [1.29, 1.82) is 0 Å². The van der Waals surface area contributed by atoms with Crippen molar-refractivity contribution in [3.05, 3.63) is 47.1 Å². The number of benzene rings is 1. The maximum Gasteiger partial charge on any atom is 0.237 e. The van der Waals surface area contributed by atoms with Crippen LogP contribution in [0.4, 0.5) is 5.69 Å². The molecular weight excluding hydrogens is 338 g/mol. The van der Waals surface area contributed by atoms with Crippen LogP contribution < -0.4 is 5.32 Å². The fourth-order valence-corrected chi connectivity index (χ4v) is 4.80. The topological polar surface area (TPSA) is 54.9 Å². The molecule has 4 rings (SSSR count). The minimum absolute atomic E-state index is 0.00117. The summed E-state index contributed by atoms with van der Waals surface area (Å²) in [5.41, 5.74) is 4.60. The van der Waals surface area contributed by atoms with Crippen LogP contribution in [0.3, 0.4) is 0 Å². The third-order valence-electron chi connectivity index (χ3n) is 4.23. The van der Waals surface area contributed by atoms with Gasteiger partial charge in [-0.05, 0) is 60.9 Å². The van der Waals surface area contributed by atoms with Gasteiger partial charge in [-0.25, -0.2) is 9.97 Å². The number of fused-ring (bicyclic) bond motifs is 2. The van der Waals surface area contributed by atoms with Crippen LogP contribution in [-0.2, 0) is 17.6 Å². The summed E-state index contributed by atoms with van der Waals surface area (Å²) in [5, 5.41) is 5.68. The number of carbonyl (C=O) groups excluding carboxylic acids is 1. The molecule has 1 atom stereocenters. The van der Waals surface area contributed by atoms with E-state index < -0.39 is 0 Å². The highest BCUT2D eigenvalue weighted by atomic mass is 32.2. The Hall–Kier alpha value is -1.92. The summed E-state index contributed by atoms with van der Waals surface area (Å²) in [6.07, 6.45) is 5.03. The molecule has 122 valence electrons. The molecule has 1 aliphatic rings. The molecule has 0 saturated heterocycles. The SMILES string of the molecule is CC(Sc1ncnc2ccsc12)C(=O)Nc1ccc2c(c1)CCC2. The first-order valence-electron chi connectivity index (χ1n) is 7.98. The first-order valence-corrected chi connectivity index (χ1v) is 9.74. The first kappa shape index (κ1) is 15.6. The number of thiophene rings is 1. The lowest BCUT2D eigenvalue weighted by atomic mass is 10.1. The van der Waals surface area contributed by atoms with Crippen molar-refractivity contribution in [2.75, 3.05) is 5.32 Å². The number of amides is 1. The lowest BCUT2D eigenvalue weighted by Crippen LogP contribution is -2.22. The molecular formula is C18H17N3OS2. The number of aryl methyl sites for hydroxylation is 2. The van der Waals surface area contributed by atoms with Crippen molar-refractivity contribution < 1.29 is 4.79 Å². The number of anilines is 1. The van der Waals surface area contributed by atoms with Gasteiger partial charge in [-0.2, -0.15) is 0 Å². The summed E-state index contributed by atoms with van der Waals surface area (Å²) in [7, 11) is 0. The zero-order valence-corrected chi connectivity index (χ0v) is 14.9. The molecule has 6 heteroatoms. The van der Waals surface area contributed by atoms with Crippen LogP contribution in [0.15, 0.2) is 41.0 Å². The summed E-state index contributed by atoms with van der Waals surface area (Å²) < 4.78 is 1.04. The van der Waals surface area contributed by atoms with Crippen molar-refractivity contribution >= 4 is 44.9 Å². The monoisotopic (exact) mass is 355 g/mol. The van der Waals surface area contributed by atoms with Gasteiger partial charge in [0.2, 0.25) is 5.91 Å². The van der Waals surface area contributed by atoms with Gasteiger partial charge in [0, 0.05) is 5.69 Å². The number of nitrogens with one attached hydrogen (secondary N) is 1. The number of aromatic nitrogens is 2. The number of hydrogen-bond donors (Lipinski definition) is 1. The molecule has 0 spiro atoms. The molecule has 2 aromatic heterocycles. The largest absolute Gasteiger partial charge is 0.325 e. The minimum atomic E-state index is -0.224. The Morgan fingerprint density at radius 2 is 2.12 bits per heavy atom. The molecule has 0 fully saturated rings. The molecule has 3 aromatic rings. The molecule has 1 N–H and O–H groups in total. The van der Waals surface area contributed by atoms with E-state index in [1.165, 1.54) is 29.3 Å². The second-order valence-corrected chi connectivity index (χ2v) is 8.15. The minimum Gasteiger partial charge on any atom is -0.325 e. The van der Waals surface area contributed by atoms with Gasteiger partial charge in [0.15, 0.2) is 0 Å². The van der Waals surface area contributed by atoms with E-state index in [1.54, 1.807) is 17.7 Å². The van der Waals surface area contributed by atoms with Gasteiger partial charge in [-0.3, -0.25) is 4.79 Å². The third kappa shape index (κ3) is 3.03. The van der Waals surface area contributed by atoms with Crippen molar-refractivity contribution in [2.45, 2.75) is 36.5 Å². The third-order valence-corrected chi connectivity index (χ3v) is 6.37. The van der Waals surface area contributed by atoms with Crippen LogP contribution in [0, 0.1) is 0 Å². The smallest absolute Gasteiger partial charge is 0.237 e. The Morgan fingerprint density at radius 3 is 3.04 bits per heavy atom. The van der Waals surface area contributed by atoms with Gasteiger partial charge in [0.25, 0.3) is 0 Å². The highest BCUT2D eigenvalue weighted by Gasteiger charge is 2.18. The van der Waals surface area contributed by atoms with E-state index in [9.17, 15) is 4.79 Å². The Bertz CT molecular complexity index is 906. The van der Waals surface area contributed by atoms with Crippen LogP contribution in [0.5, 0.6) is 0 Å². The molecule has 0 radical (unpaired) electrons. The summed E-state index contributed by atoms with van der Waals surface area (Å²) in [5.74, 6) is 0.00117. The molecule has 2 heterocycles. The Balaban J connectivity index is 1.47. The zero-order valence-electron chi connectivity index (χ0n) is 13.3. The van der Waals surface area contributed by atoms with Crippen LogP contribution >= 0.6 is 23.1 Å². The van der Waals surface area contributed by atoms with E-state index in [4.69, 9.17) is 0 Å². The van der Waals surface area contributed by atoms with E-state index in [0.29, 0.717) is 0 Å². The van der Waals surface area contributed by atoms with Crippen LogP contribution in [-0.4, -0.2) is 21.1 Å². The fourth-order valence-electron chi connectivity index (χ4n) is 2.96. The fraction of sp³-hybridized carbons (Fsp3) is 0.278. The predicted octanol–water partition coefficient (Wildman–Crippen LogP) is 4.30. The van der Waals surface area contributed by atoms with E-state index >= 15 is 0 Å². The molecule has 0 saturated carbocycles. The molecule has 4 nitrogen and oxygen atoms in total. The lowest BCUT2D eigenvalue weighted by molar-refractivity contribution is -0.115. The van der Waals surface area contributed by atoms with E-state index in [0.717, 1.165) is 33.8 Å². The van der Waals surface area contributed by atoms with Crippen LogP contribution in [0.25, 0.3) is 10.2 Å². The summed E-state index contributed by atoms with van der Waals surface area (Å²) in [6.45, 7) is 1.91. The van der Waals surface area contributed by atoms with Crippen molar-refractivity contribution in [3.8, 4) is 0 Å². The molecule has 0 bridgehead atoms. The molecule has 24 heavy (non-hydrogen) atoms. The first-order chi connectivity index (χ1) is 11.7. The Labute approximate surface area is 148 Å². The number of nitrogens with zero attached hydrogens (tertiary/aromatic N) is 2.